The molecule has 0 spiro atoms. The number of nitrogen functional groups attached to an aromatic ring is 1. The first-order chi connectivity index (χ1) is 15.7. The number of hydrogen-bond acceptors (Lipinski definition) is 7. The van der Waals surface area contributed by atoms with Gasteiger partial charge in [-0.25, -0.2) is 9.37 Å². The smallest absolute Gasteiger partial charge is 0.161 e. The number of fused-ring (bicyclic) bond motifs is 2. The Hall–Kier alpha value is -4.73. The molecule has 6 heterocycles. The lowest BCUT2D eigenvalue weighted by molar-refractivity contribution is 0.638. The van der Waals surface area contributed by atoms with Gasteiger partial charge in [-0.15, -0.1) is 0 Å². The van der Waals surface area contributed by atoms with Crippen molar-refractivity contribution >= 4 is 27.6 Å². The van der Waals surface area contributed by atoms with E-state index in [-0.39, 0.29) is 11.1 Å². The van der Waals surface area contributed by atoms with Gasteiger partial charge in [0.25, 0.3) is 0 Å². The van der Waals surface area contributed by atoms with E-state index >= 15 is 4.39 Å². The summed E-state index contributed by atoms with van der Waals surface area (Å²) in [6, 6.07) is 7.17. The van der Waals surface area contributed by atoms with Gasteiger partial charge in [-0.2, -0.15) is 5.10 Å². The van der Waals surface area contributed by atoms with Gasteiger partial charge >= 0.3 is 0 Å². The topological polar surface area (TPSA) is 135 Å². The van der Waals surface area contributed by atoms with Crippen LogP contribution in [0.15, 0.2) is 61.4 Å². The van der Waals surface area contributed by atoms with Gasteiger partial charge in [-0.3, -0.25) is 25.0 Å². The third-order valence-electron chi connectivity index (χ3n) is 5.14. The van der Waals surface area contributed by atoms with E-state index in [1.807, 2.05) is 18.2 Å². The molecule has 32 heavy (non-hydrogen) atoms. The number of H-pyrrole nitrogens is 2. The molecular weight excluding hydrogens is 409 g/mol. The van der Waals surface area contributed by atoms with E-state index in [9.17, 15) is 0 Å². The van der Waals surface area contributed by atoms with Crippen molar-refractivity contribution in [1.82, 2.24) is 40.1 Å². The molecule has 0 fully saturated rings. The maximum atomic E-state index is 15.6. The van der Waals surface area contributed by atoms with E-state index < -0.39 is 5.82 Å². The van der Waals surface area contributed by atoms with Crippen LogP contribution in [0.1, 0.15) is 0 Å². The Morgan fingerprint density at radius 3 is 2.59 bits per heavy atom. The first kappa shape index (κ1) is 18.1. The van der Waals surface area contributed by atoms with E-state index in [0.29, 0.717) is 39.5 Å². The highest BCUT2D eigenvalue weighted by molar-refractivity contribution is 5.97. The highest BCUT2D eigenvalue weighted by Crippen LogP contribution is 2.33. The number of nitrogens with zero attached hydrogens (tertiary/aromatic N) is 6. The van der Waals surface area contributed by atoms with Crippen LogP contribution in [0.25, 0.3) is 56.0 Å². The SMILES string of the molecule is Nc1cncc(-c2ncc3[nH]nc(-c4nc5c(-c6cccnc6)nccc5[nH]4)c3c2F)c1. The van der Waals surface area contributed by atoms with Crippen LogP contribution in [0.4, 0.5) is 10.1 Å². The molecule has 0 radical (unpaired) electrons. The highest BCUT2D eigenvalue weighted by atomic mass is 19.1. The Morgan fingerprint density at radius 1 is 0.844 bits per heavy atom. The minimum absolute atomic E-state index is 0.133. The van der Waals surface area contributed by atoms with Crippen LogP contribution in [0.5, 0.6) is 0 Å². The second-order valence-corrected chi connectivity index (χ2v) is 7.17. The number of aromatic nitrogens is 8. The first-order valence-electron chi connectivity index (χ1n) is 9.68. The number of pyridine rings is 4. The van der Waals surface area contributed by atoms with Gasteiger partial charge in [-0.1, -0.05) is 0 Å². The molecule has 0 atom stereocenters. The summed E-state index contributed by atoms with van der Waals surface area (Å²) in [7, 11) is 0. The van der Waals surface area contributed by atoms with Gasteiger partial charge in [0.1, 0.15) is 16.9 Å². The molecule has 0 amide bonds. The van der Waals surface area contributed by atoms with Crippen LogP contribution in [-0.2, 0) is 0 Å². The standard InChI is InChI=1S/C22H14FN9/c23-17-16-15(10-28-18(17)12-6-13(24)9-26-8-12)31-32-21(16)22-29-14-3-5-27-19(20(14)30-22)11-2-1-4-25-7-11/h1-10H,24H2,(H,29,30)(H,31,32). The third kappa shape index (κ3) is 2.77. The molecule has 6 rings (SSSR count). The fourth-order valence-corrected chi connectivity index (χ4v) is 3.70. The number of hydrogen-bond donors (Lipinski definition) is 3. The summed E-state index contributed by atoms with van der Waals surface area (Å²) in [6.07, 6.45) is 9.63. The largest absolute Gasteiger partial charge is 0.397 e. The van der Waals surface area contributed by atoms with E-state index in [0.717, 1.165) is 11.1 Å². The molecular formula is C22H14FN9. The molecule has 0 aliphatic carbocycles. The maximum Gasteiger partial charge on any atom is 0.161 e. The van der Waals surface area contributed by atoms with Crippen LogP contribution in [-0.4, -0.2) is 40.1 Å². The van der Waals surface area contributed by atoms with Crippen molar-refractivity contribution in [1.29, 1.82) is 0 Å². The van der Waals surface area contributed by atoms with Crippen LogP contribution in [0.2, 0.25) is 0 Å². The van der Waals surface area contributed by atoms with E-state index in [4.69, 9.17) is 10.7 Å². The van der Waals surface area contributed by atoms with Crippen molar-refractivity contribution in [2.24, 2.45) is 0 Å². The Kier molecular flexibility index (Phi) is 3.90. The lowest BCUT2D eigenvalue weighted by atomic mass is 10.1. The second-order valence-electron chi connectivity index (χ2n) is 7.17. The second kappa shape index (κ2) is 6.91. The minimum atomic E-state index is -0.537. The lowest BCUT2D eigenvalue weighted by Crippen LogP contribution is -1.94. The van der Waals surface area contributed by atoms with Gasteiger partial charge in [0.15, 0.2) is 11.6 Å². The zero-order valence-electron chi connectivity index (χ0n) is 16.4. The van der Waals surface area contributed by atoms with Crippen molar-refractivity contribution in [3.63, 3.8) is 0 Å². The van der Waals surface area contributed by atoms with E-state index in [2.05, 4.69) is 35.1 Å². The summed E-state index contributed by atoms with van der Waals surface area (Å²) in [4.78, 5) is 24.8. The molecule has 0 saturated heterocycles. The van der Waals surface area contributed by atoms with Gasteiger partial charge < -0.3 is 10.7 Å². The summed E-state index contributed by atoms with van der Waals surface area (Å²) in [5.74, 6) is -0.129. The third-order valence-corrected chi connectivity index (χ3v) is 5.14. The van der Waals surface area contributed by atoms with E-state index in [1.165, 1.54) is 18.6 Å². The van der Waals surface area contributed by atoms with Crippen molar-refractivity contribution in [3.8, 4) is 34.0 Å². The minimum Gasteiger partial charge on any atom is -0.397 e. The van der Waals surface area contributed by atoms with Gasteiger partial charge in [0.05, 0.1) is 34.0 Å². The molecule has 10 heteroatoms. The zero-order chi connectivity index (χ0) is 21.7. The van der Waals surface area contributed by atoms with Crippen LogP contribution in [0.3, 0.4) is 0 Å². The summed E-state index contributed by atoms with van der Waals surface area (Å²) in [5.41, 5.74) is 10.5. The average molecular weight is 423 g/mol. The predicted octanol–water partition coefficient (Wildman–Crippen LogP) is 3.74. The fraction of sp³-hybridized carbons (Fsp3) is 0. The van der Waals surface area contributed by atoms with Crippen LogP contribution >= 0.6 is 0 Å². The van der Waals surface area contributed by atoms with E-state index in [1.54, 1.807) is 24.7 Å². The predicted molar refractivity (Wildman–Crippen MR) is 118 cm³/mol. The molecule has 0 bridgehead atoms. The summed E-state index contributed by atoms with van der Waals surface area (Å²) in [5, 5.41) is 7.41. The fourth-order valence-electron chi connectivity index (χ4n) is 3.70. The molecule has 0 aliphatic rings. The van der Waals surface area contributed by atoms with Crippen LogP contribution < -0.4 is 5.73 Å². The molecule has 6 aromatic heterocycles. The molecule has 0 aliphatic heterocycles. The summed E-state index contributed by atoms with van der Waals surface area (Å²) >= 11 is 0. The number of imidazole rings is 1. The first-order valence-corrected chi connectivity index (χ1v) is 9.68. The molecule has 6 aromatic rings. The highest BCUT2D eigenvalue weighted by Gasteiger charge is 2.21. The van der Waals surface area contributed by atoms with Crippen molar-refractivity contribution in [2.75, 3.05) is 5.73 Å². The molecule has 154 valence electrons. The number of nitrogens with one attached hydrogen (secondary N) is 2. The Balaban J connectivity index is 1.55. The van der Waals surface area contributed by atoms with Gasteiger partial charge in [-0.05, 0) is 24.3 Å². The zero-order valence-corrected chi connectivity index (χ0v) is 16.4. The molecule has 9 nitrogen and oxygen atoms in total. The number of rotatable bonds is 3. The number of halogens is 1. The Bertz CT molecular complexity index is 1600. The molecule has 0 unspecified atom stereocenters. The van der Waals surface area contributed by atoms with Crippen LogP contribution in [0, 0.1) is 5.82 Å². The normalized spacial score (nSPS) is 11.4. The lowest BCUT2D eigenvalue weighted by Gasteiger charge is -2.04. The molecule has 0 aromatic carbocycles. The Morgan fingerprint density at radius 2 is 1.75 bits per heavy atom. The number of aromatic amines is 2. The summed E-state index contributed by atoms with van der Waals surface area (Å²) < 4.78 is 15.6. The molecule has 0 saturated carbocycles. The monoisotopic (exact) mass is 423 g/mol. The summed E-state index contributed by atoms with van der Waals surface area (Å²) in [6.45, 7) is 0. The number of nitrogens with two attached hydrogens (primary N) is 1. The number of anilines is 1. The van der Waals surface area contributed by atoms with Crippen molar-refractivity contribution < 1.29 is 4.39 Å². The van der Waals surface area contributed by atoms with Gasteiger partial charge in [0, 0.05) is 42.1 Å². The Labute approximate surface area is 179 Å². The van der Waals surface area contributed by atoms with Crippen molar-refractivity contribution in [2.45, 2.75) is 0 Å². The average Bonchev–Trinajstić information content (AvgIpc) is 3.44. The quantitative estimate of drug-likeness (QED) is 0.394. The van der Waals surface area contributed by atoms with Crippen molar-refractivity contribution in [3.05, 3.63) is 67.3 Å². The maximum absolute atomic E-state index is 15.6. The molecule has 4 N–H and O–H groups in total. The van der Waals surface area contributed by atoms with Gasteiger partial charge in [0.2, 0.25) is 0 Å².